The van der Waals surface area contributed by atoms with Crippen LogP contribution in [-0.4, -0.2) is 48.2 Å². The van der Waals surface area contributed by atoms with Gasteiger partial charge in [0.05, 0.1) is 10.7 Å². The minimum absolute atomic E-state index is 0.107. The number of carboxylic acid groups (broad SMARTS) is 1. The number of carbonyl (C=O) groups is 2. The van der Waals surface area contributed by atoms with E-state index < -0.39 is 11.4 Å². The van der Waals surface area contributed by atoms with Gasteiger partial charge in [0.25, 0.3) is 0 Å². The predicted molar refractivity (Wildman–Crippen MR) is 66.1 cm³/mol. The van der Waals surface area contributed by atoms with E-state index in [1.165, 1.54) is 11.8 Å². The van der Waals surface area contributed by atoms with Crippen molar-refractivity contribution in [2.45, 2.75) is 25.0 Å². The zero-order valence-electron chi connectivity index (χ0n) is 10.2. The fourth-order valence-corrected chi connectivity index (χ4v) is 2.03. The highest BCUT2D eigenvalue weighted by atomic mass is 32.2. The Morgan fingerprint density at radius 3 is 2.53 bits per heavy atom. The molecule has 0 aliphatic carbocycles. The Morgan fingerprint density at radius 2 is 2.06 bits per heavy atom. The molecule has 1 heterocycles. The molecule has 0 aromatic rings. The second-order valence-electron chi connectivity index (χ2n) is 4.29. The summed E-state index contributed by atoms with van der Waals surface area (Å²) in [7, 11) is 0. The van der Waals surface area contributed by atoms with Gasteiger partial charge >= 0.3 is 5.97 Å². The van der Waals surface area contributed by atoms with E-state index in [4.69, 9.17) is 4.74 Å². The third-order valence-corrected chi connectivity index (χ3v) is 4.15. The third kappa shape index (κ3) is 3.61. The molecule has 0 bridgehead atoms. The molecule has 1 fully saturated rings. The number of carbonyl (C=O) groups excluding carboxylic acids is 1. The van der Waals surface area contributed by atoms with Crippen molar-refractivity contribution in [1.82, 2.24) is 5.32 Å². The minimum Gasteiger partial charge on any atom is -0.481 e. The molecule has 98 valence electrons. The van der Waals surface area contributed by atoms with E-state index in [-0.39, 0.29) is 17.7 Å². The second-order valence-corrected chi connectivity index (χ2v) is 5.47. The predicted octanol–water partition coefficient (Wildman–Crippen LogP) is 0.735. The van der Waals surface area contributed by atoms with Gasteiger partial charge in [0.15, 0.2) is 0 Å². The topological polar surface area (TPSA) is 75.6 Å². The average molecular weight is 261 g/mol. The maximum Gasteiger partial charge on any atom is 0.311 e. The van der Waals surface area contributed by atoms with Crippen molar-refractivity contribution >= 4 is 23.6 Å². The number of rotatable bonds is 5. The molecule has 2 N–H and O–H groups in total. The number of thioether (sulfide) groups is 1. The highest BCUT2D eigenvalue weighted by Crippen LogP contribution is 2.30. The van der Waals surface area contributed by atoms with Crippen LogP contribution in [0.4, 0.5) is 0 Å². The Hall–Kier alpha value is -0.750. The smallest absolute Gasteiger partial charge is 0.311 e. The fourth-order valence-electron chi connectivity index (χ4n) is 1.74. The van der Waals surface area contributed by atoms with Crippen LogP contribution in [0.25, 0.3) is 0 Å². The molecular formula is C11H19NO4S. The molecule has 0 aromatic carbocycles. The number of ether oxygens (including phenoxy) is 1. The zero-order chi connectivity index (χ0) is 12.9. The van der Waals surface area contributed by atoms with Gasteiger partial charge < -0.3 is 15.2 Å². The molecule has 5 nitrogen and oxygen atoms in total. The summed E-state index contributed by atoms with van der Waals surface area (Å²) in [6, 6.07) is 0. The highest BCUT2D eigenvalue weighted by molar-refractivity contribution is 7.99. The lowest BCUT2D eigenvalue weighted by atomic mass is 9.80. The van der Waals surface area contributed by atoms with Crippen LogP contribution in [0.15, 0.2) is 0 Å². The average Bonchev–Trinajstić information content (AvgIpc) is 2.35. The van der Waals surface area contributed by atoms with Gasteiger partial charge in [-0.1, -0.05) is 0 Å². The first-order valence-corrected chi connectivity index (χ1v) is 6.92. The van der Waals surface area contributed by atoms with Crippen LogP contribution in [0.3, 0.4) is 0 Å². The number of hydrogen-bond donors (Lipinski definition) is 2. The number of carboxylic acids is 1. The quantitative estimate of drug-likeness (QED) is 0.763. The number of nitrogens with one attached hydrogen (secondary N) is 1. The Kier molecular flexibility index (Phi) is 5.27. The van der Waals surface area contributed by atoms with Crippen molar-refractivity contribution in [2.24, 2.45) is 5.41 Å². The zero-order valence-corrected chi connectivity index (χ0v) is 11.0. The summed E-state index contributed by atoms with van der Waals surface area (Å²) in [4.78, 5) is 22.9. The van der Waals surface area contributed by atoms with Crippen molar-refractivity contribution < 1.29 is 19.4 Å². The van der Waals surface area contributed by atoms with Crippen LogP contribution in [0, 0.1) is 5.41 Å². The highest BCUT2D eigenvalue weighted by Gasteiger charge is 2.40. The molecule has 1 aliphatic heterocycles. The summed E-state index contributed by atoms with van der Waals surface area (Å²) >= 11 is 1.44. The summed E-state index contributed by atoms with van der Waals surface area (Å²) < 4.78 is 5.17. The molecule has 1 atom stereocenters. The molecule has 1 amide bonds. The summed E-state index contributed by atoms with van der Waals surface area (Å²) in [5, 5.41) is 11.9. The van der Waals surface area contributed by atoms with Crippen molar-refractivity contribution in [3.63, 3.8) is 0 Å². The van der Waals surface area contributed by atoms with Crippen molar-refractivity contribution in [3.05, 3.63) is 0 Å². The molecular weight excluding hydrogens is 242 g/mol. The number of hydrogen-bond acceptors (Lipinski definition) is 4. The first-order valence-electron chi connectivity index (χ1n) is 5.63. The Bertz CT molecular complexity index is 289. The van der Waals surface area contributed by atoms with E-state index >= 15 is 0 Å². The maximum atomic E-state index is 11.6. The Labute approximate surface area is 105 Å². The van der Waals surface area contributed by atoms with Crippen molar-refractivity contribution in [2.75, 3.05) is 26.0 Å². The van der Waals surface area contributed by atoms with Gasteiger partial charge in [0.2, 0.25) is 5.91 Å². The lowest BCUT2D eigenvalue weighted by molar-refractivity contribution is -0.154. The SMILES string of the molecule is CSC(C)C(=O)NCC1(C(=O)O)CCOCC1. The van der Waals surface area contributed by atoms with Crippen LogP contribution in [0.1, 0.15) is 19.8 Å². The van der Waals surface area contributed by atoms with Crippen molar-refractivity contribution in [3.8, 4) is 0 Å². The molecule has 1 aliphatic rings. The molecule has 1 unspecified atom stereocenters. The van der Waals surface area contributed by atoms with E-state index in [2.05, 4.69) is 5.32 Å². The minimum atomic E-state index is -0.855. The molecule has 0 radical (unpaired) electrons. The van der Waals surface area contributed by atoms with E-state index in [0.717, 1.165) is 0 Å². The van der Waals surface area contributed by atoms with Gasteiger partial charge in [-0.05, 0) is 26.0 Å². The standard InChI is InChI=1S/C11H19NO4S/c1-8(17-2)9(13)12-7-11(10(14)15)3-5-16-6-4-11/h8H,3-7H2,1-2H3,(H,12,13)(H,14,15). The van der Waals surface area contributed by atoms with Gasteiger partial charge in [-0.25, -0.2) is 0 Å². The largest absolute Gasteiger partial charge is 0.481 e. The van der Waals surface area contributed by atoms with E-state index in [9.17, 15) is 14.7 Å². The lowest BCUT2D eigenvalue weighted by Crippen LogP contribution is -2.47. The maximum absolute atomic E-state index is 11.6. The summed E-state index contributed by atoms with van der Waals surface area (Å²) in [6.07, 6.45) is 2.76. The van der Waals surface area contributed by atoms with E-state index in [0.29, 0.717) is 26.1 Å². The van der Waals surface area contributed by atoms with Gasteiger partial charge in [0.1, 0.15) is 0 Å². The van der Waals surface area contributed by atoms with Crippen LogP contribution >= 0.6 is 11.8 Å². The van der Waals surface area contributed by atoms with Gasteiger partial charge in [-0.15, -0.1) is 0 Å². The second kappa shape index (κ2) is 6.26. The Morgan fingerprint density at radius 1 is 1.47 bits per heavy atom. The first-order chi connectivity index (χ1) is 8.02. The van der Waals surface area contributed by atoms with Crippen LogP contribution in [-0.2, 0) is 14.3 Å². The molecule has 1 rings (SSSR count). The molecule has 0 spiro atoms. The van der Waals surface area contributed by atoms with Crippen LogP contribution in [0.5, 0.6) is 0 Å². The van der Waals surface area contributed by atoms with Crippen molar-refractivity contribution in [1.29, 1.82) is 0 Å². The third-order valence-electron chi connectivity index (χ3n) is 3.23. The van der Waals surface area contributed by atoms with E-state index in [1.807, 2.05) is 6.26 Å². The van der Waals surface area contributed by atoms with Gasteiger partial charge in [-0.3, -0.25) is 9.59 Å². The van der Waals surface area contributed by atoms with Crippen LogP contribution in [0.2, 0.25) is 0 Å². The fraction of sp³-hybridized carbons (Fsp3) is 0.818. The number of aliphatic carboxylic acids is 1. The molecule has 17 heavy (non-hydrogen) atoms. The molecule has 6 heteroatoms. The first kappa shape index (κ1) is 14.3. The van der Waals surface area contributed by atoms with Crippen LogP contribution < -0.4 is 5.32 Å². The normalized spacial score (nSPS) is 20.6. The molecule has 1 saturated heterocycles. The van der Waals surface area contributed by atoms with Gasteiger partial charge in [0, 0.05) is 19.8 Å². The summed E-state index contributed by atoms with van der Waals surface area (Å²) in [5.74, 6) is -0.956. The molecule has 0 saturated carbocycles. The lowest BCUT2D eigenvalue weighted by Gasteiger charge is -2.33. The van der Waals surface area contributed by atoms with Gasteiger partial charge in [-0.2, -0.15) is 11.8 Å². The monoisotopic (exact) mass is 261 g/mol. The number of amides is 1. The Balaban J connectivity index is 2.56. The summed E-state index contributed by atoms with van der Waals surface area (Å²) in [6.45, 7) is 2.88. The molecule has 0 aromatic heterocycles. The van der Waals surface area contributed by atoms with E-state index in [1.54, 1.807) is 6.92 Å². The summed E-state index contributed by atoms with van der Waals surface area (Å²) in [5.41, 5.74) is -0.855.